The van der Waals surface area contributed by atoms with E-state index in [1.807, 2.05) is 24.8 Å². The van der Waals surface area contributed by atoms with E-state index in [1.54, 1.807) is 24.4 Å². The second-order valence-corrected chi connectivity index (χ2v) is 8.10. The van der Waals surface area contributed by atoms with Gasteiger partial charge in [-0.3, -0.25) is 9.89 Å². The van der Waals surface area contributed by atoms with Crippen molar-refractivity contribution in [2.24, 2.45) is 5.92 Å². The van der Waals surface area contributed by atoms with Gasteiger partial charge in [0.25, 0.3) is 5.91 Å². The van der Waals surface area contributed by atoms with Gasteiger partial charge in [-0.2, -0.15) is 5.10 Å². The number of aryl methyl sites for hydroxylation is 2. The Kier molecular flexibility index (Phi) is 4.49. The van der Waals surface area contributed by atoms with Crippen LogP contribution in [0.5, 0.6) is 0 Å². The zero-order valence-electron chi connectivity index (χ0n) is 17.0. The summed E-state index contributed by atoms with van der Waals surface area (Å²) in [6.45, 7) is 6.19. The number of amides is 1. The summed E-state index contributed by atoms with van der Waals surface area (Å²) in [5, 5.41) is 6.68. The van der Waals surface area contributed by atoms with Gasteiger partial charge < -0.3 is 9.80 Å². The van der Waals surface area contributed by atoms with Crippen LogP contribution in [0.25, 0.3) is 11.3 Å². The zero-order chi connectivity index (χ0) is 20.8. The minimum absolute atomic E-state index is 0.0774. The van der Waals surface area contributed by atoms with Gasteiger partial charge in [0.1, 0.15) is 5.82 Å². The molecular formula is C22H23FN6O. The number of likely N-dealkylation sites (tertiary alicyclic amines) is 1. The molecule has 0 unspecified atom stereocenters. The van der Waals surface area contributed by atoms with Crippen molar-refractivity contribution in [2.75, 3.05) is 24.5 Å². The van der Waals surface area contributed by atoms with Crippen LogP contribution in [0, 0.1) is 25.6 Å². The molecule has 2 fully saturated rings. The number of hydrogen-bond donors (Lipinski definition) is 1. The summed E-state index contributed by atoms with van der Waals surface area (Å²) in [6, 6.07) is 8.34. The average molecular weight is 406 g/mol. The number of piperidine rings is 1. The summed E-state index contributed by atoms with van der Waals surface area (Å²) in [5.74, 6) is 0.592. The molecule has 7 nitrogen and oxygen atoms in total. The molecule has 0 radical (unpaired) electrons. The first kappa shape index (κ1) is 18.7. The van der Waals surface area contributed by atoms with Crippen molar-refractivity contribution >= 4 is 11.9 Å². The maximum Gasteiger partial charge on any atom is 0.254 e. The smallest absolute Gasteiger partial charge is 0.254 e. The number of anilines is 1. The highest BCUT2D eigenvalue weighted by Gasteiger charge is 2.46. The van der Waals surface area contributed by atoms with E-state index in [2.05, 4.69) is 25.1 Å². The number of nitrogens with zero attached hydrogens (tertiary/aromatic N) is 5. The molecule has 4 heterocycles. The number of aromatic nitrogens is 4. The van der Waals surface area contributed by atoms with E-state index >= 15 is 0 Å². The van der Waals surface area contributed by atoms with Gasteiger partial charge in [-0.05, 0) is 44.5 Å². The molecule has 30 heavy (non-hydrogen) atoms. The lowest BCUT2D eigenvalue weighted by Crippen LogP contribution is -2.66. The monoisotopic (exact) mass is 406 g/mol. The van der Waals surface area contributed by atoms with Gasteiger partial charge in [0.2, 0.25) is 5.95 Å². The summed E-state index contributed by atoms with van der Waals surface area (Å²) in [7, 11) is 0. The number of rotatable bonds is 3. The maximum absolute atomic E-state index is 14.6. The third-order valence-electron chi connectivity index (χ3n) is 6.08. The Hall–Kier alpha value is -3.29. The van der Waals surface area contributed by atoms with Gasteiger partial charge in [0, 0.05) is 48.7 Å². The Morgan fingerprint density at radius 2 is 1.97 bits per heavy atom. The quantitative estimate of drug-likeness (QED) is 0.724. The van der Waals surface area contributed by atoms with Crippen LogP contribution in [0.15, 0.2) is 36.5 Å². The Morgan fingerprint density at radius 3 is 2.70 bits per heavy atom. The van der Waals surface area contributed by atoms with Crippen molar-refractivity contribution in [3.8, 4) is 11.3 Å². The molecule has 1 amide bonds. The molecule has 0 bridgehead atoms. The molecule has 1 N–H and O–H groups in total. The number of H-pyrrole nitrogens is 1. The van der Waals surface area contributed by atoms with Crippen molar-refractivity contribution in [1.82, 2.24) is 25.1 Å². The number of halogens is 1. The van der Waals surface area contributed by atoms with Gasteiger partial charge in [-0.1, -0.05) is 6.07 Å². The number of benzene rings is 1. The fourth-order valence-corrected chi connectivity index (χ4v) is 4.59. The number of carbonyl (C=O) groups is 1. The fraction of sp³-hybridized carbons (Fsp3) is 0.364. The van der Waals surface area contributed by atoms with Crippen molar-refractivity contribution in [3.05, 3.63) is 59.3 Å². The lowest BCUT2D eigenvalue weighted by molar-refractivity contribution is 0.00771. The third kappa shape index (κ3) is 3.12. The summed E-state index contributed by atoms with van der Waals surface area (Å²) < 4.78 is 14.6. The highest BCUT2D eigenvalue weighted by Crippen LogP contribution is 2.36. The van der Waals surface area contributed by atoms with Crippen LogP contribution in [0.2, 0.25) is 0 Å². The first-order valence-electron chi connectivity index (χ1n) is 10.2. The molecule has 5 rings (SSSR count). The van der Waals surface area contributed by atoms with Gasteiger partial charge in [0.15, 0.2) is 0 Å². The van der Waals surface area contributed by atoms with Crippen molar-refractivity contribution in [1.29, 1.82) is 0 Å². The Labute approximate surface area is 174 Å². The first-order chi connectivity index (χ1) is 14.5. The Bertz CT molecular complexity index is 1080. The van der Waals surface area contributed by atoms with Crippen molar-refractivity contribution < 1.29 is 9.18 Å². The topological polar surface area (TPSA) is 78.0 Å². The van der Waals surface area contributed by atoms with E-state index in [9.17, 15) is 9.18 Å². The highest BCUT2D eigenvalue weighted by atomic mass is 19.1. The SMILES string of the molecule is Cc1cc(C)nc(N2CC[C@@H]3CN(C(=O)c4cccc(F)c4-c4ccn[nH]4)[C@@H]3C2)n1. The molecule has 2 aliphatic rings. The predicted molar refractivity (Wildman–Crippen MR) is 111 cm³/mol. The normalized spacial score (nSPS) is 20.6. The van der Waals surface area contributed by atoms with Crippen molar-refractivity contribution in [2.45, 2.75) is 26.3 Å². The molecule has 2 aromatic heterocycles. The molecule has 8 heteroatoms. The van der Waals surface area contributed by atoms with Gasteiger partial charge in [-0.15, -0.1) is 0 Å². The maximum atomic E-state index is 14.6. The van der Waals surface area contributed by atoms with Crippen molar-refractivity contribution in [3.63, 3.8) is 0 Å². The van der Waals surface area contributed by atoms with E-state index in [4.69, 9.17) is 0 Å². The molecular weight excluding hydrogens is 383 g/mol. The van der Waals surface area contributed by atoms with E-state index in [0.717, 1.165) is 24.4 Å². The number of aromatic amines is 1. The van der Waals surface area contributed by atoms with Crippen LogP contribution in [0.4, 0.5) is 10.3 Å². The predicted octanol–water partition coefficient (Wildman–Crippen LogP) is 2.97. The molecule has 2 atom stereocenters. The summed E-state index contributed by atoms with van der Waals surface area (Å²) >= 11 is 0. The minimum Gasteiger partial charge on any atom is -0.339 e. The molecule has 2 aliphatic heterocycles. The summed E-state index contributed by atoms with van der Waals surface area (Å²) in [4.78, 5) is 26.5. The molecule has 0 aliphatic carbocycles. The Balaban J connectivity index is 1.41. The number of carbonyl (C=O) groups excluding carboxylic acids is 1. The molecule has 2 saturated heterocycles. The minimum atomic E-state index is -0.434. The fourth-order valence-electron chi connectivity index (χ4n) is 4.59. The van der Waals surface area contributed by atoms with Crippen LogP contribution in [-0.4, -0.2) is 56.6 Å². The second kappa shape index (κ2) is 7.19. The zero-order valence-corrected chi connectivity index (χ0v) is 17.0. The van der Waals surface area contributed by atoms with Gasteiger partial charge >= 0.3 is 0 Å². The highest BCUT2D eigenvalue weighted by molar-refractivity contribution is 6.01. The van der Waals surface area contributed by atoms with E-state index in [0.29, 0.717) is 36.2 Å². The number of nitrogens with one attached hydrogen (secondary N) is 1. The second-order valence-electron chi connectivity index (χ2n) is 8.10. The van der Waals surface area contributed by atoms with Crippen LogP contribution < -0.4 is 4.90 Å². The summed E-state index contributed by atoms with van der Waals surface area (Å²) in [6.07, 6.45) is 2.54. The molecule has 3 aromatic rings. The summed E-state index contributed by atoms with van der Waals surface area (Å²) in [5.41, 5.74) is 3.00. The van der Waals surface area contributed by atoms with E-state index in [1.165, 1.54) is 6.07 Å². The number of fused-ring (bicyclic) bond motifs is 1. The van der Waals surface area contributed by atoms with E-state index < -0.39 is 5.82 Å². The Morgan fingerprint density at radius 1 is 1.17 bits per heavy atom. The lowest BCUT2D eigenvalue weighted by Gasteiger charge is -2.53. The number of hydrogen-bond acceptors (Lipinski definition) is 5. The van der Waals surface area contributed by atoms with Crippen LogP contribution in [0.3, 0.4) is 0 Å². The van der Waals surface area contributed by atoms with Crippen LogP contribution >= 0.6 is 0 Å². The first-order valence-corrected chi connectivity index (χ1v) is 10.2. The molecule has 0 saturated carbocycles. The van der Waals surface area contributed by atoms with Gasteiger partial charge in [0.05, 0.1) is 17.3 Å². The van der Waals surface area contributed by atoms with E-state index in [-0.39, 0.29) is 17.5 Å². The van der Waals surface area contributed by atoms with Crippen LogP contribution in [-0.2, 0) is 0 Å². The molecule has 0 spiro atoms. The van der Waals surface area contributed by atoms with Crippen LogP contribution in [0.1, 0.15) is 28.2 Å². The lowest BCUT2D eigenvalue weighted by atomic mass is 9.81. The largest absolute Gasteiger partial charge is 0.339 e. The molecule has 1 aromatic carbocycles. The average Bonchev–Trinajstić information content (AvgIpc) is 3.22. The molecule has 154 valence electrons. The van der Waals surface area contributed by atoms with Gasteiger partial charge in [-0.25, -0.2) is 14.4 Å². The third-order valence-corrected chi connectivity index (χ3v) is 6.08. The standard InChI is InChI=1S/C22H23FN6O/c1-13-10-14(2)26-22(25-13)28-9-7-15-11-29(19(15)12-28)21(30)16-4-3-5-17(23)20(16)18-6-8-24-27-18/h3-6,8,10,15,19H,7,9,11-12H2,1-2H3,(H,24,27)/t15-,19-/m1/s1.